The van der Waals surface area contributed by atoms with Gasteiger partial charge in [-0.25, -0.2) is 8.42 Å². The second-order valence-electron chi connectivity index (χ2n) is 4.62. The first-order chi connectivity index (χ1) is 10.9. The van der Waals surface area contributed by atoms with Crippen molar-refractivity contribution in [1.82, 2.24) is 0 Å². The van der Waals surface area contributed by atoms with Crippen LogP contribution in [0.2, 0.25) is 5.02 Å². The van der Waals surface area contributed by atoms with Crippen molar-refractivity contribution in [1.29, 1.82) is 0 Å². The molecule has 2 N–H and O–H groups in total. The van der Waals surface area contributed by atoms with Gasteiger partial charge in [0, 0.05) is 23.5 Å². The number of hydrogen-bond acceptors (Lipinski definition) is 4. The molecule has 0 aliphatic rings. The summed E-state index contributed by atoms with van der Waals surface area (Å²) in [5.41, 5.74) is 0.759. The number of anilines is 2. The first-order valence-electron chi connectivity index (χ1n) is 6.58. The van der Waals surface area contributed by atoms with Crippen LogP contribution in [0.1, 0.15) is 0 Å². The molecule has 0 heterocycles. The van der Waals surface area contributed by atoms with Gasteiger partial charge in [0.15, 0.2) is 0 Å². The zero-order valence-electron chi connectivity index (χ0n) is 12.2. The maximum atomic E-state index is 12.4. The van der Waals surface area contributed by atoms with Crippen LogP contribution in [0, 0.1) is 0 Å². The summed E-state index contributed by atoms with van der Waals surface area (Å²) in [6.45, 7) is -0.111. The van der Waals surface area contributed by atoms with Gasteiger partial charge in [0.05, 0.1) is 4.90 Å². The predicted molar refractivity (Wildman–Crippen MR) is 89.2 cm³/mol. The van der Waals surface area contributed by atoms with Crippen LogP contribution in [0.4, 0.5) is 11.4 Å². The van der Waals surface area contributed by atoms with E-state index in [-0.39, 0.29) is 17.4 Å². The van der Waals surface area contributed by atoms with Crippen molar-refractivity contribution >= 4 is 38.9 Å². The molecule has 23 heavy (non-hydrogen) atoms. The number of amides is 1. The van der Waals surface area contributed by atoms with Crippen LogP contribution in [0.3, 0.4) is 0 Å². The fourth-order valence-electron chi connectivity index (χ4n) is 1.80. The van der Waals surface area contributed by atoms with Crippen LogP contribution in [-0.4, -0.2) is 28.0 Å². The van der Waals surface area contributed by atoms with Gasteiger partial charge in [0.1, 0.15) is 6.61 Å². The molecule has 2 rings (SSSR count). The average molecular weight is 355 g/mol. The van der Waals surface area contributed by atoms with Crippen LogP contribution in [0.25, 0.3) is 0 Å². The van der Waals surface area contributed by atoms with E-state index in [1.165, 1.54) is 19.2 Å². The minimum Gasteiger partial charge on any atom is -0.375 e. The Labute approximate surface area is 139 Å². The van der Waals surface area contributed by atoms with E-state index >= 15 is 0 Å². The molecule has 1 amide bonds. The van der Waals surface area contributed by atoms with E-state index in [2.05, 4.69) is 10.0 Å². The second kappa shape index (κ2) is 7.45. The number of benzene rings is 2. The van der Waals surface area contributed by atoms with Gasteiger partial charge in [-0.05, 0) is 42.5 Å². The number of hydrogen-bond donors (Lipinski definition) is 2. The van der Waals surface area contributed by atoms with E-state index in [0.29, 0.717) is 16.4 Å². The molecule has 0 bridgehead atoms. The lowest BCUT2D eigenvalue weighted by Crippen LogP contribution is -2.18. The molecule has 0 spiro atoms. The predicted octanol–water partition coefficient (Wildman–Crippen LogP) is 2.73. The van der Waals surface area contributed by atoms with Crippen LogP contribution in [0.5, 0.6) is 0 Å². The molecule has 6 nitrogen and oxygen atoms in total. The Morgan fingerprint density at radius 2 is 1.83 bits per heavy atom. The molecule has 122 valence electrons. The highest BCUT2D eigenvalue weighted by Gasteiger charge is 2.15. The van der Waals surface area contributed by atoms with Crippen LogP contribution >= 0.6 is 11.6 Å². The minimum atomic E-state index is -3.77. The van der Waals surface area contributed by atoms with Crippen molar-refractivity contribution in [2.45, 2.75) is 4.90 Å². The highest BCUT2D eigenvalue weighted by molar-refractivity contribution is 7.92. The zero-order valence-corrected chi connectivity index (χ0v) is 13.8. The molecule has 8 heteroatoms. The lowest BCUT2D eigenvalue weighted by molar-refractivity contribution is -0.119. The number of methoxy groups -OCH3 is 1. The molecule has 0 atom stereocenters. The van der Waals surface area contributed by atoms with Gasteiger partial charge in [0.25, 0.3) is 10.0 Å². The maximum Gasteiger partial charge on any atom is 0.261 e. The van der Waals surface area contributed by atoms with Crippen LogP contribution in [0.15, 0.2) is 53.4 Å². The Bertz CT molecular complexity index is 791. The zero-order chi connectivity index (χ0) is 16.9. The maximum absolute atomic E-state index is 12.4. The van der Waals surface area contributed by atoms with Gasteiger partial charge in [-0.3, -0.25) is 9.52 Å². The van der Waals surface area contributed by atoms with Crippen molar-refractivity contribution in [2.24, 2.45) is 0 Å². The largest absolute Gasteiger partial charge is 0.375 e. The third kappa shape index (κ3) is 4.95. The number of carbonyl (C=O) groups excluding carboxylic acids is 1. The Morgan fingerprint density at radius 3 is 2.48 bits per heavy atom. The summed E-state index contributed by atoms with van der Waals surface area (Å²) in [4.78, 5) is 11.5. The molecular weight excluding hydrogens is 340 g/mol. The fraction of sp³-hybridized carbons (Fsp3) is 0.133. The normalized spacial score (nSPS) is 11.0. The third-order valence-corrected chi connectivity index (χ3v) is 4.43. The monoisotopic (exact) mass is 354 g/mol. The number of ether oxygens (including phenoxy) is 1. The molecule has 2 aromatic rings. The first-order valence-corrected chi connectivity index (χ1v) is 8.44. The summed E-state index contributed by atoms with van der Waals surface area (Å²) in [7, 11) is -2.37. The summed E-state index contributed by atoms with van der Waals surface area (Å²) in [6.07, 6.45) is 0. The molecule has 0 fully saturated rings. The van der Waals surface area contributed by atoms with Crippen molar-refractivity contribution in [2.75, 3.05) is 23.8 Å². The highest BCUT2D eigenvalue weighted by atomic mass is 35.5. The summed E-state index contributed by atoms with van der Waals surface area (Å²) in [6, 6.07) is 12.2. The molecule has 0 radical (unpaired) electrons. The average Bonchev–Trinajstić information content (AvgIpc) is 2.50. The number of rotatable bonds is 6. The quantitative estimate of drug-likeness (QED) is 0.835. The van der Waals surface area contributed by atoms with Gasteiger partial charge in [-0.15, -0.1) is 0 Å². The van der Waals surface area contributed by atoms with E-state index < -0.39 is 10.0 Å². The summed E-state index contributed by atoms with van der Waals surface area (Å²) in [5, 5.41) is 3.06. The molecule has 0 unspecified atom stereocenters. The SMILES string of the molecule is COCC(=O)Nc1cccc(S(=O)(=O)Nc2ccc(Cl)cc2)c1. The van der Waals surface area contributed by atoms with E-state index in [0.717, 1.165) is 0 Å². The molecule has 0 saturated carbocycles. The number of halogens is 1. The number of nitrogens with one attached hydrogen (secondary N) is 2. The summed E-state index contributed by atoms with van der Waals surface area (Å²) < 4.78 is 31.9. The van der Waals surface area contributed by atoms with Crippen molar-refractivity contribution < 1.29 is 17.9 Å². The van der Waals surface area contributed by atoms with Crippen molar-refractivity contribution in [3.8, 4) is 0 Å². The fourth-order valence-corrected chi connectivity index (χ4v) is 3.03. The van der Waals surface area contributed by atoms with Gasteiger partial charge < -0.3 is 10.1 Å². The van der Waals surface area contributed by atoms with E-state index in [1.54, 1.807) is 36.4 Å². The van der Waals surface area contributed by atoms with Gasteiger partial charge >= 0.3 is 0 Å². The van der Waals surface area contributed by atoms with Crippen molar-refractivity contribution in [3.63, 3.8) is 0 Å². The lowest BCUT2D eigenvalue weighted by atomic mass is 10.3. The Hall–Kier alpha value is -2.09. The molecule has 2 aromatic carbocycles. The van der Waals surface area contributed by atoms with Crippen molar-refractivity contribution in [3.05, 3.63) is 53.6 Å². The first kappa shape index (κ1) is 17.3. The van der Waals surface area contributed by atoms with Gasteiger partial charge in [-0.1, -0.05) is 17.7 Å². The molecule has 0 saturated heterocycles. The molecule has 0 aliphatic carbocycles. The Balaban J connectivity index is 2.19. The third-order valence-electron chi connectivity index (χ3n) is 2.80. The lowest BCUT2D eigenvalue weighted by Gasteiger charge is -2.10. The summed E-state index contributed by atoms with van der Waals surface area (Å²) in [5.74, 6) is -0.368. The highest BCUT2D eigenvalue weighted by Crippen LogP contribution is 2.20. The molecule has 0 aliphatic heterocycles. The smallest absolute Gasteiger partial charge is 0.261 e. The van der Waals surface area contributed by atoms with Gasteiger partial charge in [-0.2, -0.15) is 0 Å². The topological polar surface area (TPSA) is 84.5 Å². The summed E-state index contributed by atoms with van der Waals surface area (Å²) >= 11 is 5.77. The van der Waals surface area contributed by atoms with Gasteiger partial charge in [0.2, 0.25) is 5.91 Å². The van der Waals surface area contributed by atoms with Crippen LogP contribution < -0.4 is 10.0 Å². The standard InChI is InChI=1S/C15H15ClN2O4S/c1-22-10-15(19)17-13-3-2-4-14(9-13)23(20,21)18-12-7-5-11(16)6-8-12/h2-9,18H,10H2,1H3,(H,17,19). The second-order valence-corrected chi connectivity index (χ2v) is 6.74. The Kier molecular flexibility index (Phi) is 5.59. The number of carbonyl (C=O) groups is 1. The van der Waals surface area contributed by atoms with E-state index in [1.807, 2.05) is 0 Å². The minimum absolute atomic E-state index is 0.0302. The van der Waals surface area contributed by atoms with Crippen LogP contribution in [-0.2, 0) is 19.6 Å². The molecular formula is C15H15ClN2O4S. The molecule has 0 aromatic heterocycles. The number of sulfonamides is 1. The Morgan fingerprint density at radius 1 is 1.13 bits per heavy atom. The van der Waals surface area contributed by atoms with E-state index in [4.69, 9.17) is 16.3 Å². The van der Waals surface area contributed by atoms with E-state index in [9.17, 15) is 13.2 Å².